The summed E-state index contributed by atoms with van der Waals surface area (Å²) in [7, 11) is 0. The molecule has 0 aliphatic rings. The van der Waals surface area contributed by atoms with Crippen LogP contribution in [0.2, 0.25) is 0 Å². The summed E-state index contributed by atoms with van der Waals surface area (Å²) in [6, 6.07) is 11.6. The fraction of sp³-hybridized carbons (Fsp3) is 0.333. The van der Waals surface area contributed by atoms with Crippen molar-refractivity contribution in [3.63, 3.8) is 0 Å². The van der Waals surface area contributed by atoms with Gasteiger partial charge in [0.25, 0.3) is 0 Å². The molecule has 1 aromatic carbocycles. The molecule has 1 unspecified atom stereocenters. The molecule has 1 N–H and O–H groups in total. The molecule has 1 heterocycles. The molecule has 2 aromatic rings. The zero-order valence-electron chi connectivity index (χ0n) is 11.2. The van der Waals surface area contributed by atoms with Crippen LogP contribution in [0.25, 0.3) is 10.9 Å². The van der Waals surface area contributed by atoms with E-state index in [0.29, 0.717) is 13.2 Å². The maximum absolute atomic E-state index is 11.5. The predicted molar refractivity (Wildman–Crippen MR) is 74.7 cm³/mol. The Morgan fingerprint density at radius 1 is 1.32 bits per heavy atom. The van der Waals surface area contributed by atoms with Gasteiger partial charge in [0.15, 0.2) is 0 Å². The minimum Gasteiger partial charge on any atom is -0.465 e. The Hall–Kier alpha value is -1.94. The summed E-state index contributed by atoms with van der Waals surface area (Å²) in [5, 5.41) is 4.23. The number of hydrogen-bond donors (Lipinski definition) is 1. The van der Waals surface area contributed by atoms with Crippen molar-refractivity contribution < 1.29 is 9.53 Å². The fourth-order valence-corrected chi connectivity index (χ4v) is 1.81. The number of carbonyl (C=O) groups is 1. The highest BCUT2D eigenvalue weighted by molar-refractivity contribution is 5.78. The molecule has 19 heavy (non-hydrogen) atoms. The second-order valence-corrected chi connectivity index (χ2v) is 4.35. The van der Waals surface area contributed by atoms with E-state index in [9.17, 15) is 4.79 Å². The highest BCUT2D eigenvalue weighted by Crippen LogP contribution is 2.11. The van der Waals surface area contributed by atoms with Gasteiger partial charge in [-0.2, -0.15) is 0 Å². The average molecular weight is 258 g/mol. The summed E-state index contributed by atoms with van der Waals surface area (Å²) in [6.07, 6.45) is 0. The molecule has 1 atom stereocenters. The van der Waals surface area contributed by atoms with Crippen LogP contribution in [0.15, 0.2) is 36.4 Å². The largest absolute Gasteiger partial charge is 0.465 e. The van der Waals surface area contributed by atoms with Gasteiger partial charge in [0.2, 0.25) is 0 Å². The number of nitrogens with zero attached hydrogens (tertiary/aromatic N) is 1. The summed E-state index contributed by atoms with van der Waals surface area (Å²) < 4.78 is 4.94. The van der Waals surface area contributed by atoms with Crippen molar-refractivity contribution in [2.75, 3.05) is 6.61 Å². The molecule has 0 saturated heterocycles. The number of nitrogens with one attached hydrogen (secondary N) is 1. The summed E-state index contributed by atoms with van der Waals surface area (Å²) in [5.74, 6) is -0.233. The van der Waals surface area contributed by atoms with Gasteiger partial charge in [0.05, 0.1) is 17.8 Å². The number of ether oxygens (including phenoxy) is 1. The molecular weight excluding hydrogens is 240 g/mol. The summed E-state index contributed by atoms with van der Waals surface area (Å²) in [6.45, 7) is 4.54. The van der Waals surface area contributed by atoms with Crippen molar-refractivity contribution in [3.8, 4) is 0 Å². The van der Waals surface area contributed by atoms with E-state index in [2.05, 4.69) is 10.3 Å². The van der Waals surface area contributed by atoms with Gasteiger partial charge >= 0.3 is 5.97 Å². The number of carbonyl (C=O) groups excluding carboxylic acids is 1. The zero-order chi connectivity index (χ0) is 13.7. The highest BCUT2D eigenvalue weighted by Gasteiger charge is 2.12. The van der Waals surface area contributed by atoms with Crippen molar-refractivity contribution in [1.29, 1.82) is 0 Å². The van der Waals surface area contributed by atoms with Gasteiger partial charge in [-0.25, -0.2) is 0 Å². The van der Waals surface area contributed by atoms with E-state index in [4.69, 9.17) is 4.74 Å². The molecule has 1 aromatic heterocycles. The molecule has 0 bridgehead atoms. The number of pyridine rings is 1. The summed E-state index contributed by atoms with van der Waals surface area (Å²) in [5.41, 5.74) is 1.88. The third-order valence-corrected chi connectivity index (χ3v) is 2.89. The number of fused-ring (bicyclic) bond motifs is 1. The summed E-state index contributed by atoms with van der Waals surface area (Å²) >= 11 is 0. The van der Waals surface area contributed by atoms with Crippen LogP contribution < -0.4 is 5.32 Å². The standard InChI is InChI=1S/C15H18N2O2/c1-3-19-15(18)11(2)16-10-13-9-8-12-6-4-5-7-14(12)17-13/h4-9,11,16H,3,10H2,1-2H3. The minimum absolute atomic E-state index is 0.233. The second-order valence-electron chi connectivity index (χ2n) is 4.35. The Morgan fingerprint density at radius 3 is 2.89 bits per heavy atom. The van der Waals surface area contributed by atoms with Crippen LogP contribution in [-0.2, 0) is 16.1 Å². The number of benzene rings is 1. The van der Waals surface area contributed by atoms with Crippen molar-refractivity contribution in [2.24, 2.45) is 0 Å². The van der Waals surface area contributed by atoms with Gasteiger partial charge in [-0.1, -0.05) is 24.3 Å². The first kappa shape index (κ1) is 13.5. The van der Waals surface area contributed by atoms with Gasteiger partial charge in [0.1, 0.15) is 6.04 Å². The van der Waals surface area contributed by atoms with E-state index in [1.165, 1.54) is 0 Å². The second kappa shape index (κ2) is 6.29. The molecular formula is C15H18N2O2. The molecule has 0 spiro atoms. The first-order chi connectivity index (χ1) is 9.20. The third kappa shape index (κ3) is 3.51. The van der Waals surface area contributed by atoms with Gasteiger partial charge in [0, 0.05) is 11.9 Å². The first-order valence-corrected chi connectivity index (χ1v) is 6.45. The normalized spacial score (nSPS) is 12.3. The van der Waals surface area contributed by atoms with Crippen LogP contribution in [0.4, 0.5) is 0 Å². The Kier molecular flexibility index (Phi) is 4.47. The van der Waals surface area contributed by atoms with Crippen molar-refractivity contribution in [2.45, 2.75) is 26.4 Å². The lowest BCUT2D eigenvalue weighted by Crippen LogP contribution is -2.35. The highest BCUT2D eigenvalue weighted by atomic mass is 16.5. The third-order valence-electron chi connectivity index (χ3n) is 2.89. The molecule has 0 saturated carbocycles. The molecule has 100 valence electrons. The van der Waals surface area contributed by atoms with Gasteiger partial charge in [-0.15, -0.1) is 0 Å². The molecule has 0 aliphatic heterocycles. The van der Waals surface area contributed by atoms with E-state index >= 15 is 0 Å². The fourth-order valence-electron chi connectivity index (χ4n) is 1.81. The lowest BCUT2D eigenvalue weighted by atomic mass is 10.2. The van der Waals surface area contributed by atoms with E-state index < -0.39 is 0 Å². The van der Waals surface area contributed by atoms with Crippen molar-refractivity contribution >= 4 is 16.9 Å². The SMILES string of the molecule is CCOC(=O)C(C)NCc1ccc2ccccc2n1. The van der Waals surface area contributed by atoms with Gasteiger partial charge in [-0.05, 0) is 26.0 Å². The van der Waals surface area contributed by atoms with Crippen molar-refractivity contribution in [3.05, 3.63) is 42.1 Å². The van der Waals surface area contributed by atoms with Crippen LogP contribution in [0.1, 0.15) is 19.5 Å². The first-order valence-electron chi connectivity index (χ1n) is 6.45. The Bertz CT molecular complexity index is 569. The van der Waals surface area contributed by atoms with Crippen LogP contribution in [0.5, 0.6) is 0 Å². The molecule has 4 heteroatoms. The number of para-hydroxylation sites is 1. The Balaban J connectivity index is 1.99. The van der Waals surface area contributed by atoms with Gasteiger partial charge < -0.3 is 4.74 Å². The molecule has 0 amide bonds. The average Bonchev–Trinajstić information content (AvgIpc) is 2.44. The lowest BCUT2D eigenvalue weighted by Gasteiger charge is -2.12. The number of hydrogen-bond acceptors (Lipinski definition) is 4. The maximum Gasteiger partial charge on any atom is 0.322 e. The zero-order valence-corrected chi connectivity index (χ0v) is 11.2. The predicted octanol–water partition coefficient (Wildman–Crippen LogP) is 2.28. The molecule has 4 nitrogen and oxygen atoms in total. The van der Waals surface area contributed by atoms with Crippen LogP contribution in [0, 0.1) is 0 Å². The minimum atomic E-state index is -0.326. The molecule has 2 rings (SSSR count). The Labute approximate surface area is 112 Å². The van der Waals surface area contributed by atoms with E-state index in [1.807, 2.05) is 36.4 Å². The van der Waals surface area contributed by atoms with E-state index in [0.717, 1.165) is 16.6 Å². The lowest BCUT2D eigenvalue weighted by molar-refractivity contribution is -0.145. The number of aromatic nitrogens is 1. The monoisotopic (exact) mass is 258 g/mol. The Morgan fingerprint density at radius 2 is 2.11 bits per heavy atom. The van der Waals surface area contributed by atoms with Crippen LogP contribution in [-0.4, -0.2) is 23.6 Å². The number of esters is 1. The van der Waals surface area contributed by atoms with Gasteiger partial charge in [-0.3, -0.25) is 15.1 Å². The molecule has 0 aliphatic carbocycles. The smallest absolute Gasteiger partial charge is 0.322 e. The quantitative estimate of drug-likeness (QED) is 0.836. The summed E-state index contributed by atoms with van der Waals surface area (Å²) in [4.78, 5) is 16.0. The molecule has 0 radical (unpaired) electrons. The maximum atomic E-state index is 11.5. The topological polar surface area (TPSA) is 51.2 Å². The van der Waals surface area contributed by atoms with Crippen LogP contribution >= 0.6 is 0 Å². The number of rotatable bonds is 5. The van der Waals surface area contributed by atoms with Crippen molar-refractivity contribution in [1.82, 2.24) is 10.3 Å². The van der Waals surface area contributed by atoms with E-state index in [-0.39, 0.29) is 12.0 Å². The molecule has 0 fully saturated rings. The van der Waals surface area contributed by atoms with E-state index in [1.54, 1.807) is 13.8 Å². The van der Waals surface area contributed by atoms with Crippen LogP contribution in [0.3, 0.4) is 0 Å².